The number of carbonyl (C=O) groups excluding carboxylic acids is 3. The first-order valence-electron chi connectivity index (χ1n) is 18.5. The molecule has 0 saturated heterocycles. The maximum absolute atomic E-state index is 15.9. The van der Waals surface area contributed by atoms with Gasteiger partial charge in [-0.2, -0.15) is 26.0 Å². The van der Waals surface area contributed by atoms with Crippen molar-refractivity contribution in [2.24, 2.45) is 0 Å². The van der Waals surface area contributed by atoms with E-state index in [1.807, 2.05) is 13.0 Å². The summed E-state index contributed by atoms with van der Waals surface area (Å²) in [5, 5.41) is 6.25. The number of benzene rings is 4. The number of ether oxygens (including phenoxy) is 2. The fourth-order valence-electron chi connectivity index (χ4n) is 7.74. The number of nitrogens with one attached hydrogen (secondary N) is 2. The zero-order valence-electron chi connectivity index (χ0n) is 31.5. The Hall–Kier alpha value is -6.44. The molecule has 1 aliphatic carbocycles. The lowest BCUT2D eigenvalue weighted by Crippen LogP contribution is -2.44. The fraction of sp³-hybridized carbons (Fsp3) is 0.268. The van der Waals surface area contributed by atoms with Crippen LogP contribution in [0.4, 0.5) is 30.7 Å². The van der Waals surface area contributed by atoms with Gasteiger partial charge >= 0.3 is 27.2 Å². The Kier molecular flexibility index (Phi) is 9.91. The van der Waals surface area contributed by atoms with Gasteiger partial charge in [0.15, 0.2) is 28.7 Å². The van der Waals surface area contributed by atoms with Crippen molar-refractivity contribution in [1.82, 2.24) is 10.6 Å². The van der Waals surface area contributed by atoms with Gasteiger partial charge in [0, 0.05) is 34.2 Å². The van der Waals surface area contributed by atoms with Crippen LogP contribution in [0.5, 0.6) is 17.2 Å². The molecule has 318 valence electrons. The van der Waals surface area contributed by atoms with Crippen LogP contribution in [0.15, 0.2) is 63.8 Å². The summed E-state index contributed by atoms with van der Waals surface area (Å²) in [6, 6.07) is 10.3. The van der Waals surface area contributed by atoms with E-state index in [-0.39, 0.29) is 28.8 Å². The number of rotatable bonds is 7. The van der Waals surface area contributed by atoms with Crippen LogP contribution in [-0.4, -0.2) is 43.8 Å². The molecule has 8 rings (SSSR count). The van der Waals surface area contributed by atoms with E-state index in [1.165, 1.54) is 12.1 Å². The largest absolute Gasteiger partial charge is 0.534 e. The van der Waals surface area contributed by atoms with Crippen molar-refractivity contribution < 1.29 is 71.6 Å². The minimum Gasteiger partial charge on any atom is -0.450 e. The highest BCUT2D eigenvalue weighted by molar-refractivity contribution is 7.88. The quantitative estimate of drug-likeness (QED) is 0.0550. The number of hydrogen-bond donors (Lipinski definition) is 2. The van der Waals surface area contributed by atoms with Gasteiger partial charge in [0.1, 0.15) is 17.0 Å². The van der Waals surface area contributed by atoms with Crippen LogP contribution in [0.2, 0.25) is 0 Å². The first-order chi connectivity index (χ1) is 28.7. The molecule has 1 aromatic heterocycles. The zero-order valence-corrected chi connectivity index (χ0v) is 32.3. The number of hydrogen-bond acceptors (Lipinski definition) is 10. The van der Waals surface area contributed by atoms with Crippen molar-refractivity contribution in [2.75, 3.05) is 0 Å². The van der Waals surface area contributed by atoms with E-state index in [2.05, 4.69) is 14.8 Å². The van der Waals surface area contributed by atoms with E-state index in [0.717, 1.165) is 31.0 Å². The summed E-state index contributed by atoms with van der Waals surface area (Å²) in [7, 11) is -6.65. The lowest BCUT2D eigenvalue weighted by Gasteiger charge is -2.37. The second kappa shape index (κ2) is 14.6. The van der Waals surface area contributed by atoms with E-state index in [0.29, 0.717) is 42.7 Å². The normalized spacial score (nSPS) is 19.4. The molecule has 1 atom stereocenters. The lowest BCUT2D eigenvalue weighted by molar-refractivity contribution is -0.0502. The average Bonchev–Trinajstić information content (AvgIpc) is 3.50. The highest BCUT2D eigenvalue weighted by Crippen LogP contribution is 2.59. The minimum atomic E-state index is -6.65. The fourth-order valence-corrected chi connectivity index (χ4v) is 8.21. The van der Waals surface area contributed by atoms with E-state index in [1.54, 1.807) is 12.1 Å². The second-order valence-electron chi connectivity index (χ2n) is 14.6. The van der Waals surface area contributed by atoms with Crippen molar-refractivity contribution in [3.8, 4) is 17.2 Å². The molecule has 1 saturated carbocycles. The molecule has 3 heterocycles. The van der Waals surface area contributed by atoms with Crippen molar-refractivity contribution in [3.63, 3.8) is 0 Å². The average molecular weight is 875 g/mol. The SMILES string of the molecule is CCc1ccc2cc(C(=O)NC3CCC(NC(=O)c4ccc5c(c4)C(=O)OC54c5cc(F)c(C)c(F)c5Oc5c4cc(F)c(OS(=O)(=O)C(F)(F)F)c5F)CC3)c(=O)oc2c1. The number of esters is 1. The summed E-state index contributed by atoms with van der Waals surface area (Å²) in [4.78, 5) is 52.8. The number of amides is 2. The van der Waals surface area contributed by atoms with Crippen LogP contribution in [-0.2, 0) is 26.9 Å². The third kappa shape index (κ3) is 6.81. The maximum Gasteiger partial charge on any atom is 0.534 e. The molecule has 5 aromatic rings. The summed E-state index contributed by atoms with van der Waals surface area (Å²) in [6.45, 7) is 2.91. The molecule has 61 heavy (non-hydrogen) atoms. The van der Waals surface area contributed by atoms with Gasteiger partial charge in [-0.3, -0.25) is 9.59 Å². The Morgan fingerprint density at radius 3 is 2.08 bits per heavy atom. The molecular weight excluding hydrogens is 846 g/mol. The van der Waals surface area contributed by atoms with Crippen molar-refractivity contribution in [3.05, 3.63) is 133 Å². The van der Waals surface area contributed by atoms with E-state index < -0.39 is 113 Å². The third-order valence-electron chi connectivity index (χ3n) is 11.0. The van der Waals surface area contributed by atoms with E-state index in [4.69, 9.17) is 13.9 Å². The molecule has 0 radical (unpaired) electrons. The Morgan fingerprint density at radius 1 is 0.820 bits per heavy atom. The van der Waals surface area contributed by atoms with Crippen LogP contribution < -0.4 is 25.2 Å². The predicted molar refractivity (Wildman–Crippen MR) is 198 cm³/mol. The maximum atomic E-state index is 15.9. The van der Waals surface area contributed by atoms with Gasteiger partial charge in [0.2, 0.25) is 11.6 Å². The first kappa shape index (κ1) is 41.3. The predicted octanol–water partition coefficient (Wildman–Crippen LogP) is 7.49. The second-order valence-corrected chi connectivity index (χ2v) is 16.2. The van der Waals surface area contributed by atoms with Crippen LogP contribution in [0.1, 0.15) is 91.5 Å². The van der Waals surface area contributed by atoms with Crippen LogP contribution in [0.25, 0.3) is 11.0 Å². The third-order valence-corrected chi connectivity index (χ3v) is 11.9. The van der Waals surface area contributed by atoms with Gasteiger partial charge in [0.05, 0.1) is 16.7 Å². The monoisotopic (exact) mass is 874 g/mol. The molecule has 2 N–H and O–H groups in total. The van der Waals surface area contributed by atoms with Gasteiger partial charge in [-0.05, 0) is 81.0 Å². The lowest BCUT2D eigenvalue weighted by atomic mass is 9.76. The molecule has 1 spiro atoms. The molecular formula is C41H29F7N2O10S. The molecule has 3 aliphatic rings. The first-order valence-corrected chi connectivity index (χ1v) is 19.9. The van der Waals surface area contributed by atoms with Crippen molar-refractivity contribution >= 4 is 38.9 Å². The van der Waals surface area contributed by atoms with Gasteiger partial charge in [0.25, 0.3) is 11.8 Å². The zero-order chi connectivity index (χ0) is 43.9. The molecule has 2 amide bonds. The molecule has 4 aromatic carbocycles. The van der Waals surface area contributed by atoms with Gasteiger partial charge < -0.3 is 28.7 Å². The number of fused-ring (bicyclic) bond motifs is 7. The highest BCUT2D eigenvalue weighted by Gasteiger charge is 2.57. The molecule has 12 nitrogen and oxygen atoms in total. The van der Waals surface area contributed by atoms with Crippen molar-refractivity contribution in [2.45, 2.75) is 69.1 Å². The molecule has 1 unspecified atom stereocenters. The number of halogens is 7. The smallest absolute Gasteiger partial charge is 0.450 e. The van der Waals surface area contributed by atoms with Crippen molar-refractivity contribution in [1.29, 1.82) is 0 Å². The molecule has 0 bridgehead atoms. The summed E-state index contributed by atoms with van der Waals surface area (Å²) < 4.78 is 145. The van der Waals surface area contributed by atoms with Crippen LogP contribution in [0, 0.1) is 30.2 Å². The summed E-state index contributed by atoms with van der Waals surface area (Å²) in [6.07, 6.45) is 2.31. The molecule has 20 heteroatoms. The van der Waals surface area contributed by atoms with Crippen LogP contribution in [0.3, 0.4) is 0 Å². The Balaban J connectivity index is 1.04. The summed E-state index contributed by atoms with van der Waals surface area (Å²) in [5.41, 5.74) is -11.4. The standard InChI is InChI=1S/C41H29F7N2O10S/c1-3-18-4-5-19-13-24(38(53)57-30(19)12-18)37(52)50-22-9-7-21(8-10-22)49-36(51)20-6-11-25-23(14-20)39(54)59-40(25)26-15-28(42)17(2)31(44)33(26)58-34-27(40)16-29(43)35(32(34)45)60-61(55,56)41(46,47)48/h4-6,11-16,21-22H,3,7-10H2,1-2H3,(H,49,51)(H,50,52). The molecule has 2 aliphatic heterocycles. The highest BCUT2D eigenvalue weighted by atomic mass is 32.2. The Labute approximate surface area is 339 Å². The summed E-state index contributed by atoms with van der Waals surface area (Å²) >= 11 is 0. The van der Waals surface area contributed by atoms with Gasteiger partial charge in [-0.15, -0.1) is 0 Å². The van der Waals surface area contributed by atoms with Crippen LogP contribution >= 0.6 is 0 Å². The van der Waals surface area contributed by atoms with Gasteiger partial charge in [-0.25, -0.2) is 22.8 Å². The Morgan fingerprint density at radius 2 is 1.44 bits per heavy atom. The number of aryl methyl sites for hydroxylation is 1. The van der Waals surface area contributed by atoms with E-state index >= 15 is 17.6 Å². The number of carbonyl (C=O) groups is 3. The molecule has 1 fully saturated rings. The Bertz CT molecular complexity index is 2910. The summed E-state index contributed by atoms with van der Waals surface area (Å²) in [5.74, 6) is -13.9. The number of alkyl halides is 3. The van der Waals surface area contributed by atoms with Gasteiger partial charge in [-0.1, -0.05) is 25.1 Å². The topological polar surface area (TPSA) is 167 Å². The van der Waals surface area contributed by atoms with E-state index in [9.17, 15) is 40.8 Å². The minimum absolute atomic E-state index is 0.121.